The molecule has 0 aliphatic carbocycles. The van der Waals surface area contributed by atoms with E-state index in [1.165, 1.54) is 0 Å². The number of rotatable bonds is 47. The van der Waals surface area contributed by atoms with Crippen LogP contribution in [0.5, 0.6) is 92.0 Å². The zero-order chi connectivity index (χ0) is 101. The predicted octanol–water partition coefficient (Wildman–Crippen LogP) is 24.4. The van der Waals surface area contributed by atoms with Crippen LogP contribution in [-0.4, -0.2) is 101 Å². The van der Waals surface area contributed by atoms with Crippen LogP contribution in [-0.2, 0) is 80.8 Å². The summed E-state index contributed by atoms with van der Waals surface area (Å²) in [6.45, 7) is 3.37. The van der Waals surface area contributed by atoms with Crippen molar-refractivity contribution in [1.29, 1.82) is 0 Å². The number of ether oxygens (including phenoxy) is 18. The molecule has 0 fully saturated rings. The molecule has 0 bridgehead atoms. The van der Waals surface area contributed by atoms with Crippen LogP contribution in [0.4, 0.5) is 0 Å². The molecule has 16 rings (SSSR count). The van der Waals surface area contributed by atoms with Crippen molar-refractivity contribution in [2.75, 3.05) is 76.9 Å². The van der Waals surface area contributed by atoms with Gasteiger partial charge in [-0.2, -0.15) is 0 Å². The van der Waals surface area contributed by atoms with Crippen molar-refractivity contribution < 1.29 is 104 Å². The van der Waals surface area contributed by atoms with Crippen molar-refractivity contribution in [2.24, 2.45) is 0 Å². The maximum Gasteiger partial charge on any atom is 0.343 e. The molecule has 0 heterocycles. The highest BCUT2D eigenvalue weighted by Crippen LogP contribution is 2.47. The lowest BCUT2D eigenvalue weighted by molar-refractivity contribution is -0.00886. The van der Waals surface area contributed by atoms with Gasteiger partial charge in [0, 0.05) is 130 Å². The van der Waals surface area contributed by atoms with Crippen LogP contribution < -0.4 is 75.8 Å². The van der Waals surface area contributed by atoms with Crippen molar-refractivity contribution in [3.8, 4) is 92.0 Å². The minimum absolute atomic E-state index is 0.0683. The maximum atomic E-state index is 14.7. The van der Waals surface area contributed by atoms with E-state index in [1.54, 1.807) is 196 Å². The molecular formula is C123H112O22. The lowest BCUT2D eigenvalue weighted by Crippen LogP contribution is -2.11. The predicted molar refractivity (Wildman–Crippen MR) is 554 cm³/mol. The minimum Gasteiger partial charge on any atom is -0.496 e. The fourth-order valence-electron chi connectivity index (χ4n) is 17.8. The van der Waals surface area contributed by atoms with E-state index >= 15 is 0 Å². The number of methoxy groups -OCH3 is 8. The Morgan fingerprint density at radius 3 is 0.669 bits per heavy atom. The molecule has 0 aliphatic rings. The van der Waals surface area contributed by atoms with E-state index in [9.17, 15) is 19.2 Å². The van der Waals surface area contributed by atoms with Gasteiger partial charge in [0.25, 0.3) is 0 Å². The molecule has 0 aromatic heterocycles. The summed E-state index contributed by atoms with van der Waals surface area (Å²) in [6, 6.07) is 106. The third-order valence-corrected chi connectivity index (χ3v) is 24.4. The lowest BCUT2D eigenvalue weighted by atomic mass is 9.91. The molecule has 0 saturated heterocycles. The van der Waals surface area contributed by atoms with Gasteiger partial charge in [0.15, 0.2) is 6.79 Å². The van der Waals surface area contributed by atoms with E-state index < -0.39 is 23.9 Å². The molecule has 0 saturated carbocycles. The first-order valence-electron chi connectivity index (χ1n) is 47.4. The SMILES string of the molecule is COCCOCOc1ccc(OC(=O)c2ccccc2)cc1Cc1cc(OCc2ccccc2)cc(Cc2cc(OC(=O)c3ccccc3)cc(Cc3cc(OCc4ccccc4)cc(Cc4cc(OC(=O)c5ccccc5)cc(Cc5cc(OCc6ccccc6)cc(Cc6cc(OC(=O)c7ccccc7)cc(Cc7cc(OCc8ccccc8)cc(C)c7OC)c6OC)c5OC)c4OC)c3OC)c2OC)c1OC. The van der Waals surface area contributed by atoms with Crippen LogP contribution in [0.2, 0.25) is 0 Å². The fraction of sp³-hybridized carbons (Fsp3) is 0.187. The molecule has 22 heteroatoms. The Balaban J connectivity index is 0.817. The molecule has 0 aliphatic heterocycles. The van der Waals surface area contributed by atoms with Crippen molar-refractivity contribution in [3.63, 3.8) is 0 Å². The molecule has 16 aromatic rings. The first-order valence-corrected chi connectivity index (χ1v) is 47.4. The largest absolute Gasteiger partial charge is 0.496 e. The van der Waals surface area contributed by atoms with Gasteiger partial charge >= 0.3 is 23.9 Å². The molecule has 0 atom stereocenters. The molecule has 736 valence electrons. The summed E-state index contributed by atoms with van der Waals surface area (Å²) in [7, 11) is 12.8. The van der Waals surface area contributed by atoms with Crippen LogP contribution >= 0.6 is 0 Å². The van der Waals surface area contributed by atoms with Gasteiger partial charge in [0.2, 0.25) is 0 Å². The van der Waals surface area contributed by atoms with E-state index in [1.807, 2.05) is 213 Å². The summed E-state index contributed by atoms with van der Waals surface area (Å²) in [6.07, 6.45) is 0.867. The number of carbonyl (C=O) groups excluding carboxylic acids is 4. The highest BCUT2D eigenvalue weighted by molar-refractivity contribution is 5.93. The molecule has 22 nitrogen and oxygen atoms in total. The zero-order valence-corrected chi connectivity index (χ0v) is 82.3. The molecule has 0 radical (unpaired) electrons. The quantitative estimate of drug-likeness (QED) is 0.0149. The molecule has 0 N–H and O–H groups in total. The monoisotopic (exact) mass is 1940 g/mol. The molecule has 0 unspecified atom stereocenters. The van der Waals surface area contributed by atoms with Crippen LogP contribution in [0.1, 0.15) is 147 Å². The van der Waals surface area contributed by atoms with Gasteiger partial charge in [-0.1, -0.05) is 194 Å². The second-order valence-corrected chi connectivity index (χ2v) is 34.4. The Morgan fingerprint density at radius 2 is 0.421 bits per heavy atom. The van der Waals surface area contributed by atoms with Crippen LogP contribution in [0, 0.1) is 6.92 Å². The Hall–Kier alpha value is -17.1. The van der Waals surface area contributed by atoms with Crippen molar-refractivity contribution >= 4 is 23.9 Å². The molecule has 0 amide bonds. The highest BCUT2D eigenvalue weighted by atomic mass is 16.7. The Morgan fingerprint density at radius 1 is 0.207 bits per heavy atom. The average molecular weight is 1940 g/mol. The minimum atomic E-state index is -0.614. The normalized spacial score (nSPS) is 10.9. The Bertz CT molecular complexity index is 7090. The topological polar surface area (TPSA) is 234 Å². The average Bonchev–Trinajstić information content (AvgIpc) is 0.790. The number of hydrogen-bond donors (Lipinski definition) is 0. The van der Waals surface area contributed by atoms with Gasteiger partial charge < -0.3 is 85.3 Å². The maximum absolute atomic E-state index is 14.7. The smallest absolute Gasteiger partial charge is 0.343 e. The van der Waals surface area contributed by atoms with Crippen molar-refractivity contribution in [2.45, 2.75) is 78.3 Å². The summed E-state index contributed by atoms with van der Waals surface area (Å²) in [5.41, 5.74) is 14.8. The number of carbonyl (C=O) groups is 4. The van der Waals surface area contributed by atoms with E-state index in [2.05, 4.69) is 0 Å². The third-order valence-electron chi connectivity index (χ3n) is 24.4. The lowest BCUT2D eigenvalue weighted by Gasteiger charge is -2.22. The van der Waals surface area contributed by atoms with Crippen molar-refractivity contribution in [1.82, 2.24) is 0 Å². The number of esters is 4. The van der Waals surface area contributed by atoms with Gasteiger partial charge in [-0.3, -0.25) is 0 Å². The van der Waals surface area contributed by atoms with E-state index in [-0.39, 0.29) is 101 Å². The number of aryl methyl sites for hydroxylation is 1. The van der Waals surface area contributed by atoms with E-state index in [0.717, 1.165) is 33.4 Å². The zero-order valence-electron chi connectivity index (χ0n) is 82.3. The summed E-state index contributed by atoms with van der Waals surface area (Å²) < 4.78 is 116. The number of benzene rings is 16. The first-order chi connectivity index (χ1) is 71.0. The molecule has 145 heavy (non-hydrogen) atoms. The van der Waals surface area contributed by atoms with Gasteiger partial charge in [-0.25, -0.2) is 19.2 Å². The Kier molecular flexibility index (Phi) is 34.7. The van der Waals surface area contributed by atoms with E-state index in [0.29, 0.717) is 177 Å². The van der Waals surface area contributed by atoms with Gasteiger partial charge in [0.1, 0.15) is 118 Å². The van der Waals surface area contributed by atoms with Crippen LogP contribution in [0.3, 0.4) is 0 Å². The van der Waals surface area contributed by atoms with Gasteiger partial charge in [0.05, 0.1) is 85.2 Å². The second kappa shape index (κ2) is 49.9. The summed E-state index contributed by atoms with van der Waals surface area (Å²) >= 11 is 0. The summed E-state index contributed by atoms with van der Waals surface area (Å²) in [4.78, 5) is 57.3. The Labute approximate surface area is 844 Å². The number of hydrogen-bond acceptors (Lipinski definition) is 22. The second-order valence-electron chi connectivity index (χ2n) is 34.4. The molecule has 0 spiro atoms. The van der Waals surface area contributed by atoms with Gasteiger partial charge in [-0.05, 0) is 186 Å². The summed E-state index contributed by atoms with van der Waals surface area (Å²) in [5.74, 6) is 4.50. The molecule has 16 aromatic carbocycles. The third kappa shape index (κ3) is 26.6. The van der Waals surface area contributed by atoms with Gasteiger partial charge in [-0.15, -0.1) is 0 Å². The van der Waals surface area contributed by atoms with E-state index in [4.69, 9.17) is 85.3 Å². The molecular weight excluding hydrogens is 1830 g/mol. The fourth-order valence-corrected chi connectivity index (χ4v) is 17.8. The van der Waals surface area contributed by atoms with Crippen LogP contribution in [0.15, 0.2) is 346 Å². The highest BCUT2D eigenvalue weighted by Gasteiger charge is 2.30. The summed E-state index contributed by atoms with van der Waals surface area (Å²) in [5, 5.41) is 0. The van der Waals surface area contributed by atoms with Crippen molar-refractivity contribution in [3.05, 3.63) is 474 Å². The van der Waals surface area contributed by atoms with Crippen LogP contribution in [0.25, 0.3) is 0 Å². The standard InChI is InChI=1S/C123H112O22/c1-81-54-105(137-76-82-34-18-10-19-35-82)63-91(113(81)129-3)56-98-70-109(143-121(125)87-44-28-15-29-45-87)71-99(117(98)133-7)58-94-66-107(139-78-84-38-22-12-23-39-84)67-95(115(94)131-5)60-102-74-111(145-123(127)89-48-32-17-33-49-89)75-103(119(102)135-9)61-97-69-108(140-79-85-40-24-13-25-41-85)68-96(116(97)132-6)59-101-73-110(144-122(126)88-46-30-16-31-47-88)72-100(118(101)134-8)57-93-65-106(138-77-83-36-20-11-21-37-83)64-92(114(93)130-4)55-90-62-104(142-120(124)86-42-26-14-27-43-86)50-51-112(90)141-80-136-53-52-128-2/h10-51,54,62-75H,52-53,55-61,76-80H2,1-9H3. The first kappa shape index (κ1) is 101.